The Morgan fingerprint density at radius 3 is 2.57 bits per heavy atom. The summed E-state index contributed by atoms with van der Waals surface area (Å²) < 4.78 is 16.6. The second kappa shape index (κ2) is 3.61. The van der Waals surface area contributed by atoms with Crippen LogP contribution in [0.2, 0.25) is 0 Å². The minimum atomic E-state index is -0.507. The highest BCUT2D eigenvalue weighted by Crippen LogP contribution is 2.30. The minimum absolute atomic E-state index is 0.0186. The van der Waals surface area contributed by atoms with Crippen molar-refractivity contribution in [2.45, 2.75) is 50.8 Å². The molecule has 80 valence electrons. The van der Waals surface area contributed by atoms with E-state index in [2.05, 4.69) is 0 Å². The molecule has 2 saturated heterocycles. The summed E-state index contributed by atoms with van der Waals surface area (Å²) in [6.07, 6.45) is 2.30. The summed E-state index contributed by atoms with van der Waals surface area (Å²) in [5.74, 6) is -0.507. The molecular weight excluding hydrogens is 184 g/mol. The van der Waals surface area contributed by atoms with Gasteiger partial charge in [0.05, 0.1) is 12.7 Å². The van der Waals surface area contributed by atoms with E-state index in [0.29, 0.717) is 6.61 Å². The van der Waals surface area contributed by atoms with Gasteiger partial charge in [-0.2, -0.15) is 0 Å². The Labute approximate surface area is 83.5 Å². The second-order valence-corrected chi connectivity index (χ2v) is 4.29. The Hall–Kier alpha value is -0.450. The van der Waals surface area contributed by atoms with Crippen LogP contribution >= 0.6 is 0 Å². The molecule has 2 heterocycles. The van der Waals surface area contributed by atoms with E-state index in [1.165, 1.54) is 0 Å². The maximum atomic E-state index is 10.5. The van der Waals surface area contributed by atoms with Gasteiger partial charge in [-0.05, 0) is 26.7 Å². The number of rotatable bonds is 2. The first-order valence-corrected chi connectivity index (χ1v) is 5.03. The quantitative estimate of drug-likeness (QED) is 0.621. The summed E-state index contributed by atoms with van der Waals surface area (Å²) in [7, 11) is 0. The molecule has 14 heavy (non-hydrogen) atoms. The fraction of sp³-hybridized carbons (Fsp3) is 0.900. The normalized spacial score (nSPS) is 41.4. The molecule has 0 spiro atoms. The molecule has 0 aliphatic carbocycles. The van der Waals surface area contributed by atoms with Crippen LogP contribution in [0.15, 0.2) is 0 Å². The van der Waals surface area contributed by atoms with Gasteiger partial charge >= 0.3 is 0 Å². The molecule has 0 radical (unpaired) electrons. The molecule has 2 aliphatic heterocycles. The van der Waals surface area contributed by atoms with Crippen LogP contribution in [0.3, 0.4) is 0 Å². The summed E-state index contributed by atoms with van der Waals surface area (Å²) >= 11 is 0. The van der Waals surface area contributed by atoms with Gasteiger partial charge in [0.25, 0.3) is 0 Å². The lowest BCUT2D eigenvalue weighted by Gasteiger charge is -2.20. The molecular formula is C10H16O4. The predicted molar refractivity (Wildman–Crippen MR) is 48.9 cm³/mol. The maximum absolute atomic E-state index is 10.5. The van der Waals surface area contributed by atoms with Crippen molar-refractivity contribution < 1.29 is 19.0 Å². The number of carbonyl (C=O) groups is 1. The summed E-state index contributed by atoms with van der Waals surface area (Å²) in [6, 6.07) is 0. The molecule has 2 aliphatic rings. The van der Waals surface area contributed by atoms with E-state index in [9.17, 15) is 4.79 Å². The topological polar surface area (TPSA) is 44.8 Å². The van der Waals surface area contributed by atoms with Crippen LogP contribution < -0.4 is 0 Å². The Kier molecular flexibility index (Phi) is 2.60. The van der Waals surface area contributed by atoms with Gasteiger partial charge in [0, 0.05) is 0 Å². The first-order valence-electron chi connectivity index (χ1n) is 5.03. The molecule has 0 amide bonds. The zero-order valence-corrected chi connectivity index (χ0v) is 8.56. The van der Waals surface area contributed by atoms with Crippen LogP contribution in [-0.2, 0) is 19.0 Å². The third-order valence-corrected chi connectivity index (χ3v) is 2.68. The van der Waals surface area contributed by atoms with Crippen molar-refractivity contribution in [3.8, 4) is 0 Å². The van der Waals surface area contributed by atoms with Gasteiger partial charge in [0.1, 0.15) is 18.5 Å². The molecule has 4 nitrogen and oxygen atoms in total. The number of hydrogen-bond donors (Lipinski definition) is 0. The lowest BCUT2D eigenvalue weighted by molar-refractivity contribution is -0.155. The summed E-state index contributed by atoms with van der Waals surface area (Å²) in [5, 5.41) is 0. The Morgan fingerprint density at radius 2 is 2.07 bits per heavy atom. The summed E-state index contributed by atoms with van der Waals surface area (Å²) in [4.78, 5) is 10.5. The van der Waals surface area contributed by atoms with Crippen LogP contribution in [0.1, 0.15) is 26.7 Å². The SMILES string of the molecule is CC1(C)OC[C@H]([C@@H]2CC[C@H](C=O)O2)O1. The molecule has 0 aromatic carbocycles. The fourth-order valence-electron chi connectivity index (χ4n) is 1.96. The number of carbonyl (C=O) groups excluding carboxylic acids is 1. The monoisotopic (exact) mass is 200 g/mol. The third kappa shape index (κ3) is 1.97. The molecule has 0 N–H and O–H groups in total. The average molecular weight is 200 g/mol. The Morgan fingerprint density at radius 1 is 1.29 bits per heavy atom. The number of hydrogen-bond acceptors (Lipinski definition) is 4. The highest BCUT2D eigenvalue weighted by Gasteiger charge is 2.41. The first-order chi connectivity index (χ1) is 6.61. The van der Waals surface area contributed by atoms with Crippen LogP contribution in [-0.4, -0.2) is 37.0 Å². The minimum Gasteiger partial charge on any atom is -0.365 e. The standard InChI is InChI=1S/C10H16O4/c1-10(2)12-6-9(14-10)8-4-3-7(5-11)13-8/h5,7-9H,3-4,6H2,1-2H3/t7-,8+,9-/m1/s1. The molecule has 0 aromatic heterocycles. The smallest absolute Gasteiger partial charge is 0.163 e. The zero-order valence-electron chi connectivity index (χ0n) is 8.56. The first kappa shape index (κ1) is 10.1. The van der Waals surface area contributed by atoms with Crippen molar-refractivity contribution in [2.24, 2.45) is 0 Å². The zero-order chi connectivity index (χ0) is 10.2. The van der Waals surface area contributed by atoms with E-state index >= 15 is 0 Å². The predicted octanol–water partition coefficient (Wildman–Crippen LogP) is 0.884. The molecule has 0 unspecified atom stereocenters. The van der Waals surface area contributed by atoms with Gasteiger partial charge in [-0.25, -0.2) is 0 Å². The molecule has 0 bridgehead atoms. The van der Waals surface area contributed by atoms with Crippen LogP contribution in [0.4, 0.5) is 0 Å². The summed E-state index contributed by atoms with van der Waals surface area (Å²) in [5.41, 5.74) is 0. The van der Waals surface area contributed by atoms with Gasteiger partial charge in [-0.1, -0.05) is 0 Å². The van der Waals surface area contributed by atoms with Crippen LogP contribution in [0.25, 0.3) is 0 Å². The third-order valence-electron chi connectivity index (χ3n) is 2.68. The van der Waals surface area contributed by atoms with E-state index in [4.69, 9.17) is 14.2 Å². The van der Waals surface area contributed by atoms with Crippen molar-refractivity contribution in [3.05, 3.63) is 0 Å². The van der Waals surface area contributed by atoms with Crippen molar-refractivity contribution >= 4 is 6.29 Å². The number of ether oxygens (including phenoxy) is 3. The van der Waals surface area contributed by atoms with Crippen molar-refractivity contribution in [1.82, 2.24) is 0 Å². The lowest BCUT2D eigenvalue weighted by atomic mass is 10.1. The maximum Gasteiger partial charge on any atom is 0.163 e. The molecule has 3 atom stereocenters. The van der Waals surface area contributed by atoms with Crippen molar-refractivity contribution in [1.29, 1.82) is 0 Å². The Balaban J connectivity index is 1.89. The van der Waals surface area contributed by atoms with Gasteiger partial charge in [0.2, 0.25) is 0 Å². The molecule has 0 aromatic rings. The van der Waals surface area contributed by atoms with Crippen molar-refractivity contribution in [3.63, 3.8) is 0 Å². The van der Waals surface area contributed by atoms with Gasteiger partial charge in [-0.3, -0.25) is 0 Å². The van der Waals surface area contributed by atoms with E-state index < -0.39 is 5.79 Å². The highest BCUT2D eigenvalue weighted by molar-refractivity contribution is 5.56. The number of aldehydes is 1. The van der Waals surface area contributed by atoms with E-state index in [-0.39, 0.29) is 18.3 Å². The average Bonchev–Trinajstić information content (AvgIpc) is 2.70. The van der Waals surface area contributed by atoms with Gasteiger partial charge < -0.3 is 19.0 Å². The molecule has 4 heteroatoms. The van der Waals surface area contributed by atoms with Crippen LogP contribution in [0.5, 0.6) is 0 Å². The second-order valence-electron chi connectivity index (χ2n) is 4.29. The highest BCUT2D eigenvalue weighted by atomic mass is 16.7. The molecule has 2 rings (SSSR count). The largest absolute Gasteiger partial charge is 0.365 e. The van der Waals surface area contributed by atoms with E-state index in [1.807, 2.05) is 13.8 Å². The fourth-order valence-corrected chi connectivity index (χ4v) is 1.96. The van der Waals surface area contributed by atoms with Crippen molar-refractivity contribution in [2.75, 3.05) is 6.61 Å². The summed E-state index contributed by atoms with van der Waals surface area (Å²) in [6.45, 7) is 4.33. The van der Waals surface area contributed by atoms with Gasteiger partial charge in [0.15, 0.2) is 5.79 Å². The Bertz CT molecular complexity index is 226. The van der Waals surface area contributed by atoms with E-state index in [1.54, 1.807) is 0 Å². The molecule has 2 fully saturated rings. The lowest BCUT2D eigenvalue weighted by Crippen LogP contribution is -2.31. The van der Waals surface area contributed by atoms with E-state index in [0.717, 1.165) is 19.1 Å². The molecule has 0 saturated carbocycles. The van der Waals surface area contributed by atoms with Gasteiger partial charge in [-0.15, -0.1) is 0 Å². The van der Waals surface area contributed by atoms with Crippen LogP contribution in [0, 0.1) is 0 Å².